The number of rotatable bonds is 7. The number of benzene rings is 2. The molecule has 3 rings (SSSR count). The van der Waals surface area contributed by atoms with E-state index in [0.29, 0.717) is 22.4 Å². The van der Waals surface area contributed by atoms with Gasteiger partial charge in [-0.3, -0.25) is 14.9 Å². The van der Waals surface area contributed by atoms with Gasteiger partial charge in [0.15, 0.2) is 11.7 Å². The second kappa shape index (κ2) is 8.67. The number of nitrogens with two attached hydrogens (primary N) is 1. The highest BCUT2D eigenvalue weighted by atomic mass is 32.1. The van der Waals surface area contributed by atoms with E-state index >= 15 is 0 Å². The molecular formula is C21H21N3O3S. The first-order valence-corrected chi connectivity index (χ1v) is 9.69. The molecule has 0 aliphatic carbocycles. The molecule has 0 aliphatic heterocycles. The van der Waals surface area contributed by atoms with Crippen molar-refractivity contribution >= 4 is 28.3 Å². The number of carbonyl (C=O) groups is 2. The van der Waals surface area contributed by atoms with Crippen molar-refractivity contribution < 1.29 is 14.3 Å². The number of amides is 2. The summed E-state index contributed by atoms with van der Waals surface area (Å²) in [4.78, 5) is 28.0. The first kappa shape index (κ1) is 19.6. The van der Waals surface area contributed by atoms with Crippen LogP contribution in [0.1, 0.15) is 35.7 Å². The maximum Gasteiger partial charge on any atom is 0.261 e. The van der Waals surface area contributed by atoms with E-state index < -0.39 is 5.91 Å². The summed E-state index contributed by atoms with van der Waals surface area (Å²) in [5, 5.41) is 5.16. The van der Waals surface area contributed by atoms with E-state index in [2.05, 4.69) is 36.3 Å². The fourth-order valence-corrected chi connectivity index (χ4v) is 3.31. The molecular weight excluding hydrogens is 374 g/mol. The summed E-state index contributed by atoms with van der Waals surface area (Å²) in [5.74, 6) is -0.213. The van der Waals surface area contributed by atoms with Crippen molar-refractivity contribution in [1.82, 2.24) is 4.98 Å². The normalized spacial score (nSPS) is 10.7. The molecule has 2 amide bonds. The van der Waals surface area contributed by atoms with Crippen molar-refractivity contribution in [1.29, 1.82) is 0 Å². The van der Waals surface area contributed by atoms with Gasteiger partial charge in [-0.25, -0.2) is 4.98 Å². The van der Waals surface area contributed by atoms with Gasteiger partial charge in [0, 0.05) is 10.9 Å². The lowest BCUT2D eigenvalue weighted by molar-refractivity contribution is -0.119. The topological polar surface area (TPSA) is 94.3 Å². The number of carbonyl (C=O) groups excluding carboxylic acids is 2. The molecule has 0 unspecified atom stereocenters. The summed E-state index contributed by atoms with van der Waals surface area (Å²) in [6.45, 7) is 4.00. The van der Waals surface area contributed by atoms with Crippen LogP contribution in [0.4, 0.5) is 5.13 Å². The van der Waals surface area contributed by atoms with E-state index in [1.807, 2.05) is 17.5 Å². The predicted octanol–water partition coefficient (Wildman–Crippen LogP) is 4.05. The van der Waals surface area contributed by atoms with Crippen LogP contribution in [0.15, 0.2) is 53.9 Å². The Morgan fingerprint density at radius 3 is 2.54 bits per heavy atom. The molecule has 1 heterocycles. The summed E-state index contributed by atoms with van der Waals surface area (Å²) < 4.78 is 5.31. The highest BCUT2D eigenvalue weighted by Crippen LogP contribution is 2.27. The van der Waals surface area contributed by atoms with Gasteiger partial charge in [-0.05, 0) is 23.6 Å². The lowest BCUT2D eigenvalue weighted by Gasteiger charge is -2.09. The molecule has 7 heteroatoms. The van der Waals surface area contributed by atoms with E-state index in [1.54, 1.807) is 24.3 Å². The molecule has 2 aromatic carbocycles. The Hall–Kier alpha value is -3.19. The third-order valence-corrected chi connectivity index (χ3v) is 4.86. The summed E-state index contributed by atoms with van der Waals surface area (Å²) in [6.07, 6.45) is 0. The molecule has 144 valence electrons. The van der Waals surface area contributed by atoms with E-state index in [9.17, 15) is 9.59 Å². The van der Waals surface area contributed by atoms with Crippen molar-refractivity contribution in [2.75, 3.05) is 11.9 Å². The van der Waals surface area contributed by atoms with Crippen LogP contribution in [-0.2, 0) is 4.79 Å². The highest BCUT2D eigenvalue weighted by Gasteiger charge is 2.15. The van der Waals surface area contributed by atoms with Gasteiger partial charge in [-0.1, -0.05) is 50.2 Å². The van der Waals surface area contributed by atoms with Gasteiger partial charge in [0.05, 0.1) is 11.3 Å². The Kier molecular flexibility index (Phi) is 6.06. The third-order valence-electron chi connectivity index (χ3n) is 4.10. The lowest BCUT2D eigenvalue weighted by atomic mass is 10.0. The number of anilines is 1. The zero-order valence-electron chi connectivity index (χ0n) is 15.6. The smallest absolute Gasteiger partial charge is 0.261 e. The molecule has 0 saturated carbocycles. The lowest BCUT2D eigenvalue weighted by Crippen LogP contribution is -2.21. The van der Waals surface area contributed by atoms with Gasteiger partial charge in [-0.2, -0.15) is 0 Å². The van der Waals surface area contributed by atoms with Crippen molar-refractivity contribution in [3.63, 3.8) is 0 Å². The molecule has 0 atom stereocenters. The Morgan fingerprint density at radius 1 is 1.14 bits per heavy atom. The molecule has 0 spiro atoms. The molecule has 3 aromatic rings. The van der Waals surface area contributed by atoms with Crippen LogP contribution in [0.25, 0.3) is 11.3 Å². The number of thiazole rings is 1. The van der Waals surface area contributed by atoms with Gasteiger partial charge in [0.1, 0.15) is 5.75 Å². The number of ether oxygens (including phenoxy) is 1. The minimum Gasteiger partial charge on any atom is -0.483 e. The van der Waals surface area contributed by atoms with E-state index in [0.717, 1.165) is 11.3 Å². The maximum absolute atomic E-state index is 12.6. The quantitative estimate of drug-likeness (QED) is 0.631. The molecule has 3 N–H and O–H groups in total. The molecule has 0 fully saturated rings. The maximum atomic E-state index is 12.6. The van der Waals surface area contributed by atoms with Crippen LogP contribution >= 0.6 is 11.3 Å². The van der Waals surface area contributed by atoms with Crippen LogP contribution in [0.3, 0.4) is 0 Å². The Morgan fingerprint density at radius 2 is 1.86 bits per heavy atom. The van der Waals surface area contributed by atoms with Crippen LogP contribution in [-0.4, -0.2) is 23.4 Å². The SMILES string of the molecule is CC(C)c1ccc(-c2csc(NC(=O)c3ccccc3OCC(N)=O)n2)cc1. The van der Waals surface area contributed by atoms with E-state index in [-0.39, 0.29) is 12.5 Å². The van der Waals surface area contributed by atoms with E-state index in [4.69, 9.17) is 10.5 Å². The molecule has 0 radical (unpaired) electrons. The predicted molar refractivity (Wildman–Crippen MR) is 111 cm³/mol. The third kappa shape index (κ3) is 4.75. The Bertz CT molecular complexity index is 981. The van der Waals surface area contributed by atoms with Crippen LogP contribution < -0.4 is 15.8 Å². The molecule has 0 saturated heterocycles. The van der Waals surface area contributed by atoms with Crippen molar-refractivity contribution in [3.8, 4) is 17.0 Å². The van der Waals surface area contributed by atoms with Gasteiger partial charge in [0.2, 0.25) is 0 Å². The Labute approximate surface area is 167 Å². The second-order valence-electron chi connectivity index (χ2n) is 6.52. The first-order chi connectivity index (χ1) is 13.4. The van der Waals surface area contributed by atoms with Gasteiger partial charge in [0.25, 0.3) is 11.8 Å². The monoisotopic (exact) mass is 395 g/mol. The average Bonchev–Trinajstić information content (AvgIpc) is 3.15. The summed E-state index contributed by atoms with van der Waals surface area (Å²) >= 11 is 1.34. The van der Waals surface area contributed by atoms with Crippen LogP contribution in [0.2, 0.25) is 0 Å². The number of para-hydroxylation sites is 1. The summed E-state index contributed by atoms with van der Waals surface area (Å²) in [5.41, 5.74) is 8.46. The van der Waals surface area contributed by atoms with Crippen molar-refractivity contribution in [2.24, 2.45) is 5.73 Å². The Balaban J connectivity index is 1.73. The molecule has 0 aliphatic rings. The highest BCUT2D eigenvalue weighted by molar-refractivity contribution is 7.14. The summed E-state index contributed by atoms with van der Waals surface area (Å²) in [6, 6.07) is 14.9. The second-order valence-corrected chi connectivity index (χ2v) is 7.38. The zero-order chi connectivity index (χ0) is 20.1. The number of aromatic nitrogens is 1. The largest absolute Gasteiger partial charge is 0.483 e. The summed E-state index contributed by atoms with van der Waals surface area (Å²) in [7, 11) is 0. The van der Waals surface area contributed by atoms with Crippen molar-refractivity contribution in [2.45, 2.75) is 19.8 Å². The number of primary amides is 1. The van der Waals surface area contributed by atoms with Crippen LogP contribution in [0, 0.1) is 0 Å². The number of nitrogens with zero attached hydrogens (tertiary/aromatic N) is 1. The average molecular weight is 395 g/mol. The van der Waals surface area contributed by atoms with Gasteiger partial charge < -0.3 is 10.5 Å². The fourth-order valence-electron chi connectivity index (χ4n) is 2.60. The molecule has 6 nitrogen and oxygen atoms in total. The van der Waals surface area contributed by atoms with Gasteiger partial charge >= 0.3 is 0 Å². The first-order valence-electron chi connectivity index (χ1n) is 8.81. The van der Waals surface area contributed by atoms with Crippen LogP contribution in [0.5, 0.6) is 5.75 Å². The van der Waals surface area contributed by atoms with Crippen molar-refractivity contribution in [3.05, 3.63) is 65.0 Å². The fraction of sp³-hybridized carbons (Fsp3) is 0.190. The van der Waals surface area contributed by atoms with Gasteiger partial charge in [-0.15, -0.1) is 11.3 Å². The van der Waals surface area contributed by atoms with E-state index in [1.165, 1.54) is 16.9 Å². The standard InChI is InChI=1S/C21H21N3O3S/c1-13(2)14-7-9-15(10-8-14)17-12-28-21(23-17)24-20(26)16-5-3-4-6-18(16)27-11-19(22)25/h3-10,12-13H,11H2,1-2H3,(H2,22,25)(H,23,24,26). The number of hydrogen-bond acceptors (Lipinski definition) is 5. The molecule has 1 aromatic heterocycles. The minimum atomic E-state index is -0.608. The number of nitrogens with one attached hydrogen (secondary N) is 1. The zero-order valence-corrected chi connectivity index (χ0v) is 16.5. The molecule has 28 heavy (non-hydrogen) atoms. The minimum absolute atomic E-state index is 0.292. The molecule has 0 bridgehead atoms. The number of hydrogen-bond donors (Lipinski definition) is 2.